The fourth-order valence-corrected chi connectivity index (χ4v) is 4.56. The Morgan fingerprint density at radius 1 is 1.22 bits per heavy atom. The van der Waals surface area contributed by atoms with Gasteiger partial charge in [0.1, 0.15) is 0 Å². The molecule has 1 aliphatic carbocycles. The van der Waals surface area contributed by atoms with E-state index in [-0.39, 0.29) is 5.91 Å². The molecule has 1 amide bonds. The lowest BCUT2D eigenvalue weighted by Crippen LogP contribution is -2.31. The first-order chi connectivity index (χ1) is 11.3. The van der Waals surface area contributed by atoms with Crippen molar-refractivity contribution in [1.82, 2.24) is 10.3 Å². The number of carbonyl (C=O) groups is 1. The first kappa shape index (κ1) is 16.5. The highest BCUT2D eigenvalue weighted by atomic mass is 32.2. The second-order valence-corrected chi connectivity index (χ2v) is 8.04. The van der Waals surface area contributed by atoms with Crippen molar-refractivity contribution in [2.75, 3.05) is 12.3 Å². The van der Waals surface area contributed by atoms with E-state index in [1.807, 2.05) is 18.2 Å². The average molecular weight is 347 g/mol. The monoisotopic (exact) mass is 346 g/mol. The van der Waals surface area contributed by atoms with Crippen LogP contribution in [0.25, 0.3) is 11.3 Å². The van der Waals surface area contributed by atoms with Crippen molar-refractivity contribution in [3.8, 4) is 11.3 Å². The van der Waals surface area contributed by atoms with E-state index in [2.05, 4.69) is 27.8 Å². The van der Waals surface area contributed by atoms with Gasteiger partial charge in [0.05, 0.1) is 11.4 Å². The maximum atomic E-state index is 12.0. The second-order valence-electron chi connectivity index (χ2n) is 5.96. The number of nitrogens with one attached hydrogen (secondary N) is 1. The number of hydrogen-bond acceptors (Lipinski definition) is 4. The molecular formula is C18H22N2OS2. The van der Waals surface area contributed by atoms with E-state index in [0.717, 1.165) is 22.1 Å². The van der Waals surface area contributed by atoms with Crippen LogP contribution in [0, 0.1) is 5.92 Å². The Hall–Kier alpha value is -1.33. The van der Waals surface area contributed by atoms with Crippen LogP contribution in [-0.4, -0.2) is 23.2 Å². The van der Waals surface area contributed by atoms with Gasteiger partial charge in [0, 0.05) is 17.5 Å². The quantitative estimate of drug-likeness (QED) is 0.777. The van der Waals surface area contributed by atoms with E-state index in [1.54, 1.807) is 11.3 Å². The molecule has 0 aliphatic heterocycles. The van der Waals surface area contributed by atoms with Gasteiger partial charge in [-0.25, -0.2) is 4.98 Å². The van der Waals surface area contributed by atoms with Gasteiger partial charge in [0.2, 0.25) is 5.91 Å². The van der Waals surface area contributed by atoms with Crippen molar-refractivity contribution in [1.29, 1.82) is 0 Å². The molecule has 1 aliphatic rings. The fraction of sp³-hybridized carbons (Fsp3) is 0.444. The van der Waals surface area contributed by atoms with Gasteiger partial charge in [-0.15, -0.1) is 11.3 Å². The zero-order chi connectivity index (χ0) is 15.9. The van der Waals surface area contributed by atoms with E-state index >= 15 is 0 Å². The number of rotatable bonds is 6. The van der Waals surface area contributed by atoms with Gasteiger partial charge in [-0.05, 0) is 18.8 Å². The summed E-state index contributed by atoms with van der Waals surface area (Å²) in [5.41, 5.74) is 2.11. The Labute approximate surface area is 145 Å². The van der Waals surface area contributed by atoms with Crippen molar-refractivity contribution >= 4 is 29.0 Å². The minimum atomic E-state index is 0.122. The minimum absolute atomic E-state index is 0.122. The van der Waals surface area contributed by atoms with Crippen molar-refractivity contribution in [2.45, 2.75) is 36.4 Å². The summed E-state index contributed by atoms with van der Waals surface area (Å²) in [6.07, 6.45) is 6.52. The Morgan fingerprint density at radius 2 is 2.00 bits per heavy atom. The Kier molecular flexibility index (Phi) is 6.11. The van der Waals surface area contributed by atoms with Crippen molar-refractivity contribution in [2.24, 2.45) is 5.92 Å². The number of aromatic nitrogens is 1. The number of benzene rings is 1. The lowest BCUT2D eigenvalue weighted by Gasteiger charge is -2.21. The van der Waals surface area contributed by atoms with E-state index in [9.17, 15) is 4.79 Å². The molecule has 0 bridgehead atoms. The minimum Gasteiger partial charge on any atom is -0.355 e. The first-order valence-corrected chi connectivity index (χ1v) is 10.1. The summed E-state index contributed by atoms with van der Waals surface area (Å²) >= 11 is 3.13. The second kappa shape index (κ2) is 8.50. The summed E-state index contributed by atoms with van der Waals surface area (Å²) in [5, 5.41) is 5.13. The van der Waals surface area contributed by atoms with Crippen LogP contribution in [0.2, 0.25) is 0 Å². The Bertz CT molecular complexity index is 621. The van der Waals surface area contributed by atoms with Crippen LogP contribution in [0.5, 0.6) is 0 Å². The normalized spacial score (nSPS) is 15.5. The number of hydrogen-bond donors (Lipinski definition) is 1. The predicted octanol–water partition coefficient (Wildman–Crippen LogP) is 4.60. The number of carbonyl (C=O) groups excluding carboxylic acids is 1. The summed E-state index contributed by atoms with van der Waals surface area (Å²) in [6, 6.07) is 10.1. The van der Waals surface area contributed by atoms with Crippen LogP contribution < -0.4 is 5.32 Å². The van der Waals surface area contributed by atoms with Crippen LogP contribution in [0.1, 0.15) is 32.1 Å². The molecule has 3 rings (SSSR count). The standard InChI is InChI=1S/C18H22N2OS2/c21-17(19-11-14-7-3-1-4-8-14)13-23-18-20-16(12-22-18)15-9-5-2-6-10-15/h2,5-6,9-10,12,14H,1,3-4,7-8,11,13H2,(H,19,21). The molecule has 2 aromatic rings. The molecule has 3 nitrogen and oxygen atoms in total. The molecule has 0 saturated heterocycles. The van der Waals surface area contributed by atoms with Gasteiger partial charge in [-0.2, -0.15) is 0 Å². The third-order valence-electron chi connectivity index (χ3n) is 4.19. The van der Waals surface area contributed by atoms with Gasteiger partial charge in [0.25, 0.3) is 0 Å². The molecule has 1 saturated carbocycles. The third kappa shape index (κ3) is 5.08. The number of thiazole rings is 1. The topological polar surface area (TPSA) is 42.0 Å². The molecule has 1 N–H and O–H groups in total. The van der Waals surface area contributed by atoms with Crippen LogP contribution in [0.4, 0.5) is 0 Å². The van der Waals surface area contributed by atoms with E-state index < -0.39 is 0 Å². The Balaban J connectivity index is 1.43. The molecule has 1 aromatic carbocycles. The third-order valence-corrected chi connectivity index (χ3v) is 6.21. The van der Waals surface area contributed by atoms with Crippen molar-refractivity contribution < 1.29 is 4.79 Å². The summed E-state index contributed by atoms with van der Waals surface area (Å²) in [5.74, 6) is 1.26. The zero-order valence-electron chi connectivity index (χ0n) is 13.2. The molecule has 0 radical (unpaired) electrons. The maximum Gasteiger partial charge on any atom is 0.230 e. The summed E-state index contributed by atoms with van der Waals surface area (Å²) < 4.78 is 0.955. The molecule has 5 heteroatoms. The number of thioether (sulfide) groups is 1. The van der Waals surface area contributed by atoms with Crippen LogP contribution in [0.3, 0.4) is 0 Å². The molecule has 1 fully saturated rings. The largest absolute Gasteiger partial charge is 0.355 e. The summed E-state index contributed by atoms with van der Waals surface area (Å²) in [4.78, 5) is 16.6. The predicted molar refractivity (Wildman–Crippen MR) is 97.9 cm³/mol. The SMILES string of the molecule is O=C(CSc1nc(-c2ccccc2)cs1)NCC1CCCCC1. The van der Waals surface area contributed by atoms with Crippen LogP contribution in [-0.2, 0) is 4.79 Å². The van der Waals surface area contributed by atoms with Gasteiger partial charge in [-0.1, -0.05) is 61.4 Å². The van der Waals surface area contributed by atoms with E-state index in [4.69, 9.17) is 0 Å². The van der Waals surface area contributed by atoms with Crippen molar-refractivity contribution in [3.63, 3.8) is 0 Å². The zero-order valence-corrected chi connectivity index (χ0v) is 14.8. The van der Waals surface area contributed by atoms with Crippen LogP contribution >= 0.6 is 23.1 Å². The van der Waals surface area contributed by atoms with Crippen molar-refractivity contribution in [3.05, 3.63) is 35.7 Å². The molecular weight excluding hydrogens is 324 g/mol. The van der Waals surface area contributed by atoms with E-state index in [0.29, 0.717) is 11.7 Å². The molecule has 1 aromatic heterocycles. The van der Waals surface area contributed by atoms with Gasteiger partial charge < -0.3 is 5.32 Å². The highest BCUT2D eigenvalue weighted by molar-refractivity contribution is 8.01. The lowest BCUT2D eigenvalue weighted by atomic mass is 9.89. The highest BCUT2D eigenvalue weighted by Gasteiger charge is 2.14. The molecule has 122 valence electrons. The van der Waals surface area contributed by atoms with Crippen LogP contribution in [0.15, 0.2) is 40.1 Å². The molecule has 0 unspecified atom stereocenters. The number of nitrogens with zero attached hydrogens (tertiary/aromatic N) is 1. The van der Waals surface area contributed by atoms with E-state index in [1.165, 1.54) is 43.9 Å². The summed E-state index contributed by atoms with van der Waals surface area (Å²) in [6.45, 7) is 0.840. The van der Waals surface area contributed by atoms with Gasteiger partial charge >= 0.3 is 0 Å². The summed E-state index contributed by atoms with van der Waals surface area (Å²) in [7, 11) is 0. The smallest absolute Gasteiger partial charge is 0.230 e. The number of amides is 1. The first-order valence-electron chi connectivity index (χ1n) is 8.22. The van der Waals surface area contributed by atoms with Gasteiger partial charge in [0.15, 0.2) is 4.34 Å². The molecule has 23 heavy (non-hydrogen) atoms. The van der Waals surface area contributed by atoms with Gasteiger partial charge in [-0.3, -0.25) is 4.79 Å². The Morgan fingerprint density at radius 3 is 2.78 bits per heavy atom. The molecule has 1 heterocycles. The highest BCUT2D eigenvalue weighted by Crippen LogP contribution is 2.28. The lowest BCUT2D eigenvalue weighted by molar-refractivity contribution is -0.118. The molecule has 0 spiro atoms. The molecule has 0 atom stereocenters. The maximum absolute atomic E-state index is 12.0. The average Bonchev–Trinajstić information content (AvgIpc) is 3.09. The fourth-order valence-electron chi connectivity index (χ4n) is 2.89.